The average molecular weight is 283 g/mol. The molecule has 0 aliphatic rings. The maximum atomic E-state index is 5.77. The van der Waals surface area contributed by atoms with E-state index in [0.717, 1.165) is 15.7 Å². The first kappa shape index (κ1) is 10.9. The highest BCUT2D eigenvalue weighted by Gasteiger charge is 2.09. The van der Waals surface area contributed by atoms with Crippen LogP contribution in [0.25, 0.3) is 11.6 Å². The van der Waals surface area contributed by atoms with Crippen LogP contribution < -0.4 is 5.73 Å². The summed E-state index contributed by atoms with van der Waals surface area (Å²) in [5.74, 6) is 0.443. The smallest absolute Gasteiger partial charge is 0.152 e. The second kappa shape index (κ2) is 4.52. The number of rotatable bonds is 3. The molecule has 2 N–H and O–H groups in total. The fraction of sp³-hybridized carbons (Fsp3) is 0.200. The molecule has 0 aromatic carbocycles. The molecule has 0 unspecified atom stereocenters. The molecule has 0 bridgehead atoms. The van der Waals surface area contributed by atoms with Gasteiger partial charge in [-0.2, -0.15) is 5.10 Å². The molecule has 0 radical (unpaired) electrons. The second-order valence-corrected chi connectivity index (χ2v) is 3.94. The second-order valence-electron chi connectivity index (χ2n) is 3.08. The molecule has 0 atom stereocenters. The SMILES string of the molecule is CCO/C=C/c1cc(Br)c2c(N)ncnn12. The molecule has 6 heteroatoms. The van der Waals surface area contributed by atoms with Crippen molar-refractivity contribution in [1.29, 1.82) is 0 Å². The van der Waals surface area contributed by atoms with Gasteiger partial charge in [-0.25, -0.2) is 9.50 Å². The summed E-state index contributed by atoms with van der Waals surface area (Å²) in [7, 11) is 0. The standard InChI is InChI=1S/C10H11BrN4O/c1-2-16-4-3-7-5-8(11)9-10(12)13-6-14-15(7)9/h3-6H,2H2,1H3,(H2,12,13,14)/b4-3+. The van der Waals surface area contributed by atoms with Crippen LogP contribution >= 0.6 is 15.9 Å². The number of nitrogen functional groups attached to an aromatic ring is 1. The van der Waals surface area contributed by atoms with Gasteiger partial charge in [-0.1, -0.05) is 0 Å². The summed E-state index contributed by atoms with van der Waals surface area (Å²) >= 11 is 3.42. The Morgan fingerprint density at radius 3 is 3.19 bits per heavy atom. The molecular weight excluding hydrogens is 272 g/mol. The number of anilines is 1. The first-order chi connectivity index (χ1) is 7.74. The van der Waals surface area contributed by atoms with Gasteiger partial charge in [0.05, 0.1) is 18.6 Å². The number of ether oxygens (including phenoxy) is 1. The number of hydrogen-bond acceptors (Lipinski definition) is 4. The van der Waals surface area contributed by atoms with Crippen LogP contribution in [0.1, 0.15) is 12.6 Å². The minimum absolute atomic E-state index is 0.443. The van der Waals surface area contributed by atoms with Crippen LogP contribution in [0.3, 0.4) is 0 Å². The first-order valence-electron chi connectivity index (χ1n) is 4.80. The fourth-order valence-electron chi connectivity index (χ4n) is 1.38. The highest BCUT2D eigenvalue weighted by atomic mass is 79.9. The zero-order valence-electron chi connectivity index (χ0n) is 8.72. The van der Waals surface area contributed by atoms with Crippen molar-refractivity contribution < 1.29 is 4.74 Å². The Balaban J connectivity index is 2.51. The summed E-state index contributed by atoms with van der Waals surface area (Å²) in [6.07, 6.45) is 4.88. The van der Waals surface area contributed by atoms with E-state index >= 15 is 0 Å². The van der Waals surface area contributed by atoms with Gasteiger partial charge in [0.25, 0.3) is 0 Å². The van der Waals surface area contributed by atoms with E-state index in [2.05, 4.69) is 26.0 Å². The Labute approximate surface area is 101 Å². The van der Waals surface area contributed by atoms with E-state index in [-0.39, 0.29) is 0 Å². The molecule has 0 fully saturated rings. The molecule has 0 amide bonds. The third-order valence-electron chi connectivity index (χ3n) is 2.07. The minimum Gasteiger partial charge on any atom is -0.501 e. The van der Waals surface area contributed by atoms with E-state index in [9.17, 15) is 0 Å². The van der Waals surface area contributed by atoms with Crippen molar-refractivity contribution in [3.8, 4) is 0 Å². The molecule has 0 aliphatic heterocycles. The van der Waals surface area contributed by atoms with E-state index in [1.54, 1.807) is 10.8 Å². The van der Waals surface area contributed by atoms with E-state index < -0.39 is 0 Å². The molecule has 0 aliphatic carbocycles. The summed E-state index contributed by atoms with van der Waals surface area (Å²) in [6, 6.07) is 1.91. The van der Waals surface area contributed by atoms with Crippen LogP contribution in [0, 0.1) is 0 Å². The maximum Gasteiger partial charge on any atom is 0.152 e. The van der Waals surface area contributed by atoms with Gasteiger partial charge in [0.1, 0.15) is 11.8 Å². The van der Waals surface area contributed by atoms with Crippen LogP contribution in [-0.4, -0.2) is 21.2 Å². The van der Waals surface area contributed by atoms with Gasteiger partial charge >= 0.3 is 0 Å². The Bertz CT molecular complexity index is 535. The number of halogens is 1. The van der Waals surface area contributed by atoms with Crippen LogP contribution in [0.15, 0.2) is 23.1 Å². The van der Waals surface area contributed by atoms with Crippen molar-refractivity contribution in [2.45, 2.75) is 6.92 Å². The fourth-order valence-corrected chi connectivity index (χ4v) is 1.98. The molecule has 2 aromatic rings. The number of fused-ring (bicyclic) bond motifs is 1. The quantitative estimate of drug-likeness (QED) is 0.876. The Hall–Kier alpha value is -1.56. The van der Waals surface area contributed by atoms with Gasteiger partial charge in [-0.05, 0) is 35.0 Å². The number of nitrogens with zero attached hydrogens (tertiary/aromatic N) is 3. The third kappa shape index (κ3) is 1.88. The third-order valence-corrected chi connectivity index (χ3v) is 2.67. The van der Waals surface area contributed by atoms with E-state index in [1.165, 1.54) is 6.33 Å². The highest BCUT2D eigenvalue weighted by Crippen LogP contribution is 2.25. The lowest BCUT2D eigenvalue weighted by molar-refractivity contribution is 0.272. The lowest BCUT2D eigenvalue weighted by Crippen LogP contribution is -1.99. The summed E-state index contributed by atoms with van der Waals surface area (Å²) in [6.45, 7) is 2.56. The van der Waals surface area contributed by atoms with Crippen molar-refractivity contribution in [2.24, 2.45) is 0 Å². The van der Waals surface area contributed by atoms with Crippen LogP contribution in [0.4, 0.5) is 5.82 Å². The van der Waals surface area contributed by atoms with Gasteiger partial charge in [-0.15, -0.1) is 0 Å². The lowest BCUT2D eigenvalue weighted by atomic mass is 10.4. The molecule has 2 rings (SSSR count). The van der Waals surface area contributed by atoms with Crippen molar-refractivity contribution in [2.75, 3.05) is 12.3 Å². The van der Waals surface area contributed by atoms with E-state index in [0.29, 0.717) is 12.4 Å². The van der Waals surface area contributed by atoms with Gasteiger partial charge in [0.2, 0.25) is 0 Å². The molecular formula is C10H11BrN4O. The van der Waals surface area contributed by atoms with E-state index in [4.69, 9.17) is 10.5 Å². The highest BCUT2D eigenvalue weighted by molar-refractivity contribution is 9.10. The molecule has 0 spiro atoms. The monoisotopic (exact) mass is 282 g/mol. The van der Waals surface area contributed by atoms with Crippen molar-refractivity contribution >= 4 is 33.3 Å². The summed E-state index contributed by atoms with van der Waals surface area (Å²) in [4.78, 5) is 3.94. The van der Waals surface area contributed by atoms with Crippen molar-refractivity contribution in [3.05, 3.63) is 28.8 Å². The summed E-state index contributed by atoms with van der Waals surface area (Å²) < 4.78 is 7.71. The molecule has 2 aromatic heterocycles. The number of nitrogens with two attached hydrogens (primary N) is 1. The zero-order chi connectivity index (χ0) is 11.5. The van der Waals surface area contributed by atoms with Crippen molar-refractivity contribution in [1.82, 2.24) is 14.6 Å². The number of hydrogen-bond donors (Lipinski definition) is 1. The van der Waals surface area contributed by atoms with Gasteiger partial charge < -0.3 is 10.5 Å². The van der Waals surface area contributed by atoms with Crippen LogP contribution in [-0.2, 0) is 4.74 Å². The van der Waals surface area contributed by atoms with E-state index in [1.807, 2.05) is 19.1 Å². The zero-order valence-corrected chi connectivity index (χ0v) is 10.3. The molecule has 2 heterocycles. The summed E-state index contributed by atoms with van der Waals surface area (Å²) in [5, 5.41) is 4.13. The van der Waals surface area contributed by atoms with Gasteiger partial charge in [0, 0.05) is 4.47 Å². The predicted octanol–water partition coefficient (Wildman–Crippen LogP) is 2.08. The van der Waals surface area contributed by atoms with Crippen LogP contribution in [0.2, 0.25) is 0 Å². The molecule has 0 saturated carbocycles. The Morgan fingerprint density at radius 2 is 2.44 bits per heavy atom. The molecule has 0 saturated heterocycles. The van der Waals surface area contributed by atoms with Gasteiger partial charge in [0.15, 0.2) is 5.82 Å². The largest absolute Gasteiger partial charge is 0.501 e. The molecule has 5 nitrogen and oxygen atoms in total. The first-order valence-corrected chi connectivity index (χ1v) is 5.59. The predicted molar refractivity (Wildman–Crippen MR) is 65.8 cm³/mol. The van der Waals surface area contributed by atoms with Crippen molar-refractivity contribution in [3.63, 3.8) is 0 Å². The Kier molecular flexibility index (Phi) is 3.09. The molecule has 16 heavy (non-hydrogen) atoms. The summed E-state index contributed by atoms with van der Waals surface area (Å²) in [5.41, 5.74) is 7.41. The number of aromatic nitrogens is 3. The van der Waals surface area contributed by atoms with Gasteiger partial charge in [-0.3, -0.25) is 0 Å². The topological polar surface area (TPSA) is 65.4 Å². The van der Waals surface area contributed by atoms with Crippen LogP contribution in [0.5, 0.6) is 0 Å². The maximum absolute atomic E-state index is 5.77. The Morgan fingerprint density at radius 1 is 1.62 bits per heavy atom. The molecule has 84 valence electrons. The normalized spacial score (nSPS) is 11.4. The minimum atomic E-state index is 0.443. The lowest BCUT2D eigenvalue weighted by Gasteiger charge is -1.98. The average Bonchev–Trinajstić information content (AvgIpc) is 2.58.